The number of nitrogens with one attached hydrogen (secondary N) is 3. The number of carbonyl (C=O) groups excluding carboxylic acids is 2. The minimum atomic E-state index is -0.679. The number of ether oxygens (including phenoxy) is 1. The summed E-state index contributed by atoms with van der Waals surface area (Å²) in [7, 11) is 0. The highest BCUT2D eigenvalue weighted by Crippen LogP contribution is 2.18. The first kappa shape index (κ1) is 19.7. The highest BCUT2D eigenvalue weighted by atomic mass is 19.1. The summed E-state index contributed by atoms with van der Waals surface area (Å²) in [4.78, 5) is 23.7. The largest absolute Gasteiger partial charge is 0.491 e. The molecule has 0 heterocycles. The third-order valence-corrected chi connectivity index (χ3v) is 2.99. The Morgan fingerprint density at radius 1 is 1.29 bits per heavy atom. The molecule has 0 fully saturated rings. The molecule has 134 valence electrons. The highest BCUT2D eigenvalue weighted by molar-refractivity contribution is 5.87. The monoisotopic (exact) mass is 339 g/mol. The van der Waals surface area contributed by atoms with Crippen molar-refractivity contribution in [1.29, 1.82) is 0 Å². The molecular weight excluding hydrogens is 313 g/mol. The van der Waals surface area contributed by atoms with Gasteiger partial charge in [0.1, 0.15) is 6.04 Å². The molecule has 0 radical (unpaired) electrons. The molecule has 0 bridgehead atoms. The van der Waals surface area contributed by atoms with Crippen LogP contribution in [0.1, 0.15) is 40.2 Å². The standard InChI is InChI=1S/C17H26FN3O3/c1-6-24-14-8-7-12(9-13(14)18)10-19-16(23)20-11(2)15(22)21-17(3,4)5/h7-9,11H,6,10H2,1-5H3,(H,21,22)(H2,19,20,23)/t11-/m1/s1. The number of hydrogen-bond donors (Lipinski definition) is 3. The average molecular weight is 339 g/mol. The van der Waals surface area contributed by atoms with Gasteiger partial charge in [-0.25, -0.2) is 9.18 Å². The molecule has 1 atom stereocenters. The number of benzene rings is 1. The lowest BCUT2D eigenvalue weighted by atomic mass is 10.1. The molecule has 1 rings (SSSR count). The van der Waals surface area contributed by atoms with E-state index in [1.54, 1.807) is 19.9 Å². The number of amides is 3. The van der Waals surface area contributed by atoms with E-state index in [0.717, 1.165) is 0 Å². The molecule has 0 aliphatic heterocycles. The van der Waals surface area contributed by atoms with Gasteiger partial charge in [-0.2, -0.15) is 0 Å². The molecule has 3 N–H and O–H groups in total. The molecule has 3 amide bonds. The van der Waals surface area contributed by atoms with Crippen molar-refractivity contribution in [3.05, 3.63) is 29.6 Å². The van der Waals surface area contributed by atoms with E-state index in [1.165, 1.54) is 12.1 Å². The second-order valence-corrected chi connectivity index (χ2v) is 6.49. The fourth-order valence-electron chi connectivity index (χ4n) is 1.90. The number of rotatable bonds is 6. The van der Waals surface area contributed by atoms with Gasteiger partial charge in [0, 0.05) is 12.1 Å². The van der Waals surface area contributed by atoms with Gasteiger partial charge in [0.05, 0.1) is 6.61 Å². The second-order valence-electron chi connectivity index (χ2n) is 6.49. The Kier molecular flexibility index (Phi) is 7.00. The predicted octanol–water partition coefficient (Wildman–Crippen LogP) is 2.33. The first-order valence-corrected chi connectivity index (χ1v) is 7.90. The Morgan fingerprint density at radius 2 is 1.96 bits per heavy atom. The first-order chi connectivity index (χ1) is 11.1. The minimum absolute atomic E-state index is 0.142. The van der Waals surface area contributed by atoms with Crippen LogP contribution in [0.25, 0.3) is 0 Å². The van der Waals surface area contributed by atoms with Crippen LogP contribution < -0.4 is 20.7 Å². The van der Waals surface area contributed by atoms with Crippen LogP contribution in [-0.4, -0.2) is 30.1 Å². The molecule has 0 aliphatic carbocycles. The van der Waals surface area contributed by atoms with Crippen molar-refractivity contribution in [2.75, 3.05) is 6.61 Å². The van der Waals surface area contributed by atoms with Crippen molar-refractivity contribution in [3.63, 3.8) is 0 Å². The summed E-state index contributed by atoms with van der Waals surface area (Å²) in [6.45, 7) is 9.47. The van der Waals surface area contributed by atoms with Gasteiger partial charge in [0.25, 0.3) is 0 Å². The molecule has 0 aliphatic rings. The Labute approximate surface area is 142 Å². The third-order valence-electron chi connectivity index (χ3n) is 2.99. The number of carbonyl (C=O) groups is 2. The lowest BCUT2D eigenvalue weighted by Crippen LogP contribution is -2.52. The van der Waals surface area contributed by atoms with Crippen LogP contribution >= 0.6 is 0 Å². The van der Waals surface area contributed by atoms with E-state index in [1.807, 2.05) is 20.8 Å². The summed E-state index contributed by atoms with van der Waals surface area (Å²) < 4.78 is 18.8. The van der Waals surface area contributed by atoms with Crippen molar-refractivity contribution >= 4 is 11.9 Å². The van der Waals surface area contributed by atoms with E-state index in [4.69, 9.17) is 4.74 Å². The molecule has 0 unspecified atom stereocenters. The molecular formula is C17H26FN3O3. The Hall–Kier alpha value is -2.31. The molecule has 0 saturated heterocycles. The minimum Gasteiger partial charge on any atom is -0.491 e. The quantitative estimate of drug-likeness (QED) is 0.744. The molecule has 6 nitrogen and oxygen atoms in total. The van der Waals surface area contributed by atoms with Gasteiger partial charge in [-0.3, -0.25) is 4.79 Å². The maximum atomic E-state index is 13.7. The van der Waals surface area contributed by atoms with Crippen molar-refractivity contribution in [2.45, 2.75) is 52.7 Å². The summed E-state index contributed by atoms with van der Waals surface area (Å²) in [6, 6.07) is 3.32. The van der Waals surface area contributed by atoms with E-state index < -0.39 is 17.9 Å². The molecule has 7 heteroatoms. The topological polar surface area (TPSA) is 79.5 Å². The summed E-state index contributed by atoms with van der Waals surface area (Å²) in [5, 5.41) is 7.91. The fraction of sp³-hybridized carbons (Fsp3) is 0.529. The lowest BCUT2D eigenvalue weighted by molar-refractivity contribution is -0.123. The van der Waals surface area contributed by atoms with E-state index in [2.05, 4.69) is 16.0 Å². The third kappa shape index (κ3) is 6.85. The Bertz CT molecular complexity index is 585. The second kappa shape index (κ2) is 8.52. The molecule has 0 spiro atoms. The van der Waals surface area contributed by atoms with E-state index >= 15 is 0 Å². The van der Waals surface area contributed by atoms with Gasteiger partial charge in [0.15, 0.2) is 11.6 Å². The maximum Gasteiger partial charge on any atom is 0.315 e. The van der Waals surface area contributed by atoms with E-state index in [9.17, 15) is 14.0 Å². The maximum absolute atomic E-state index is 13.7. The Balaban J connectivity index is 2.48. The van der Waals surface area contributed by atoms with Crippen LogP contribution in [0.4, 0.5) is 9.18 Å². The highest BCUT2D eigenvalue weighted by Gasteiger charge is 2.20. The SMILES string of the molecule is CCOc1ccc(CNC(=O)N[C@H](C)C(=O)NC(C)(C)C)cc1F. The van der Waals surface area contributed by atoms with E-state index in [0.29, 0.717) is 12.2 Å². The molecule has 1 aromatic rings. The van der Waals surface area contributed by atoms with Gasteiger partial charge in [0.2, 0.25) is 5.91 Å². The van der Waals surface area contributed by atoms with Crippen LogP contribution in [0, 0.1) is 5.82 Å². The molecule has 24 heavy (non-hydrogen) atoms. The van der Waals surface area contributed by atoms with Crippen LogP contribution in [0.2, 0.25) is 0 Å². The Morgan fingerprint density at radius 3 is 2.50 bits per heavy atom. The van der Waals surface area contributed by atoms with Crippen molar-refractivity contribution in [3.8, 4) is 5.75 Å². The zero-order chi connectivity index (χ0) is 18.3. The summed E-state index contributed by atoms with van der Waals surface area (Å²) in [6.07, 6.45) is 0. The molecule has 1 aromatic carbocycles. The normalized spacial score (nSPS) is 12.2. The smallest absolute Gasteiger partial charge is 0.315 e. The fourth-order valence-corrected chi connectivity index (χ4v) is 1.90. The first-order valence-electron chi connectivity index (χ1n) is 7.90. The zero-order valence-electron chi connectivity index (χ0n) is 14.8. The zero-order valence-corrected chi connectivity index (χ0v) is 14.8. The summed E-state index contributed by atoms with van der Waals surface area (Å²) >= 11 is 0. The molecule has 0 saturated carbocycles. The number of hydrogen-bond acceptors (Lipinski definition) is 3. The predicted molar refractivity (Wildman–Crippen MR) is 90.3 cm³/mol. The van der Waals surface area contributed by atoms with Crippen LogP contribution in [0.15, 0.2) is 18.2 Å². The van der Waals surface area contributed by atoms with Gasteiger partial charge in [-0.1, -0.05) is 6.07 Å². The van der Waals surface area contributed by atoms with Crippen LogP contribution in [-0.2, 0) is 11.3 Å². The van der Waals surface area contributed by atoms with Crippen molar-refractivity contribution in [1.82, 2.24) is 16.0 Å². The van der Waals surface area contributed by atoms with Gasteiger partial charge in [-0.15, -0.1) is 0 Å². The average Bonchev–Trinajstić information content (AvgIpc) is 2.46. The summed E-state index contributed by atoms with van der Waals surface area (Å²) in [5.41, 5.74) is 0.224. The van der Waals surface area contributed by atoms with E-state index in [-0.39, 0.29) is 23.7 Å². The van der Waals surface area contributed by atoms with Crippen LogP contribution in [0.5, 0.6) is 5.75 Å². The van der Waals surface area contributed by atoms with Gasteiger partial charge < -0.3 is 20.7 Å². The van der Waals surface area contributed by atoms with Crippen molar-refractivity contribution in [2.24, 2.45) is 0 Å². The summed E-state index contributed by atoms with van der Waals surface area (Å²) in [5.74, 6) is -0.572. The van der Waals surface area contributed by atoms with Crippen molar-refractivity contribution < 1.29 is 18.7 Å². The van der Waals surface area contributed by atoms with Crippen LogP contribution in [0.3, 0.4) is 0 Å². The lowest BCUT2D eigenvalue weighted by Gasteiger charge is -2.23. The molecule has 0 aromatic heterocycles. The number of urea groups is 1. The van der Waals surface area contributed by atoms with Gasteiger partial charge in [-0.05, 0) is 52.3 Å². The number of halogens is 1. The van der Waals surface area contributed by atoms with Gasteiger partial charge >= 0.3 is 6.03 Å².